The van der Waals surface area contributed by atoms with E-state index in [1.54, 1.807) is 18.7 Å². The van der Waals surface area contributed by atoms with Crippen molar-refractivity contribution in [1.29, 1.82) is 0 Å². The summed E-state index contributed by atoms with van der Waals surface area (Å²) >= 11 is 0. The summed E-state index contributed by atoms with van der Waals surface area (Å²) in [5.41, 5.74) is -0.883. The average molecular weight is 309 g/mol. The van der Waals surface area contributed by atoms with Crippen molar-refractivity contribution in [3.8, 4) is 0 Å². The van der Waals surface area contributed by atoms with E-state index in [2.05, 4.69) is 10.1 Å². The average Bonchev–Trinajstić information content (AvgIpc) is 3.11. The summed E-state index contributed by atoms with van der Waals surface area (Å²) in [7, 11) is 0. The number of nitrogens with zero attached hydrogens (tertiary/aromatic N) is 3. The third-order valence-electron chi connectivity index (χ3n) is 4.07. The van der Waals surface area contributed by atoms with Crippen LogP contribution in [0.5, 0.6) is 0 Å². The minimum Gasteiger partial charge on any atom is -0.389 e. The highest BCUT2D eigenvalue weighted by atomic mass is 16.5. The van der Waals surface area contributed by atoms with E-state index < -0.39 is 5.60 Å². The third-order valence-corrected chi connectivity index (χ3v) is 4.07. The van der Waals surface area contributed by atoms with Crippen LogP contribution in [0, 0.1) is 0 Å². The topological polar surface area (TPSA) is 79.5 Å². The van der Waals surface area contributed by atoms with Crippen molar-refractivity contribution in [3.63, 3.8) is 0 Å². The predicted molar refractivity (Wildman–Crippen MR) is 82.4 cm³/mol. The molecular formula is C16H27N3O3. The van der Waals surface area contributed by atoms with E-state index >= 15 is 0 Å². The molecule has 0 saturated heterocycles. The number of aryl methyl sites for hydroxylation is 1. The van der Waals surface area contributed by atoms with Gasteiger partial charge in [-0.25, -0.2) is 0 Å². The monoisotopic (exact) mass is 309 g/mol. The minimum atomic E-state index is -0.883. The Morgan fingerprint density at radius 1 is 1.41 bits per heavy atom. The van der Waals surface area contributed by atoms with Crippen LogP contribution in [0.3, 0.4) is 0 Å². The molecule has 1 fully saturated rings. The number of likely N-dealkylation sites (N-methyl/N-ethyl adjacent to an activating group) is 1. The number of hydrogen-bond acceptors (Lipinski definition) is 5. The lowest BCUT2D eigenvalue weighted by molar-refractivity contribution is -0.134. The molecule has 0 atom stereocenters. The molecule has 0 spiro atoms. The molecule has 1 saturated carbocycles. The van der Waals surface area contributed by atoms with Gasteiger partial charge in [0, 0.05) is 31.8 Å². The number of carbonyl (C=O) groups excluding carboxylic acids is 1. The lowest BCUT2D eigenvalue weighted by Crippen LogP contribution is -2.42. The largest absolute Gasteiger partial charge is 0.389 e. The summed E-state index contributed by atoms with van der Waals surface area (Å²) < 4.78 is 5.26. The molecule has 1 heterocycles. The first-order chi connectivity index (χ1) is 10.4. The van der Waals surface area contributed by atoms with Crippen LogP contribution in [-0.4, -0.2) is 44.7 Å². The molecule has 1 aliphatic carbocycles. The van der Waals surface area contributed by atoms with Gasteiger partial charge in [0.1, 0.15) is 0 Å². The molecule has 6 nitrogen and oxygen atoms in total. The maximum Gasteiger partial charge on any atom is 0.227 e. The van der Waals surface area contributed by atoms with Crippen molar-refractivity contribution < 1.29 is 14.4 Å². The van der Waals surface area contributed by atoms with Crippen LogP contribution in [0.1, 0.15) is 70.5 Å². The molecule has 0 aliphatic heterocycles. The van der Waals surface area contributed by atoms with Crippen molar-refractivity contribution >= 4 is 5.91 Å². The fourth-order valence-electron chi connectivity index (χ4n) is 2.93. The zero-order valence-corrected chi connectivity index (χ0v) is 13.8. The fourth-order valence-corrected chi connectivity index (χ4v) is 2.93. The van der Waals surface area contributed by atoms with Gasteiger partial charge in [0.25, 0.3) is 0 Å². The second-order valence-corrected chi connectivity index (χ2v) is 6.75. The fraction of sp³-hybridized carbons (Fsp3) is 0.812. The van der Waals surface area contributed by atoms with Crippen LogP contribution in [0.4, 0.5) is 0 Å². The molecule has 0 unspecified atom stereocenters. The molecule has 1 aliphatic rings. The van der Waals surface area contributed by atoms with Gasteiger partial charge in [0.2, 0.25) is 11.8 Å². The van der Waals surface area contributed by atoms with Crippen LogP contribution in [0.2, 0.25) is 0 Å². The predicted octanol–water partition coefficient (Wildman–Crippen LogP) is 2.28. The number of hydrogen-bond donors (Lipinski definition) is 1. The van der Waals surface area contributed by atoms with E-state index in [4.69, 9.17) is 4.52 Å². The van der Waals surface area contributed by atoms with E-state index in [9.17, 15) is 9.90 Å². The smallest absolute Gasteiger partial charge is 0.227 e. The van der Waals surface area contributed by atoms with E-state index in [1.165, 1.54) is 12.8 Å². The zero-order chi connectivity index (χ0) is 16.2. The maximum absolute atomic E-state index is 12.2. The van der Waals surface area contributed by atoms with Gasteiger partial charge < -0.3 is 14.5 Å². The standard InChI is InChI=1S/C16H27N3O3/c1-4-19(11-16(2,3)21)14(20)10-9-13-17-15(18-22-13)12-7-5-6-8-12/h12,21H,4-11H2,1-3H3. The van der Waals surface area contributed by atoms with Crippen LogP contribution in [0.15, 0.2) is 4.52 Å². The summed E-state index contributed by atoms with van der Waals surface area (Å²) in [5.74, 6) is 1.76. The van der Waals surface area contributed by atoms with Gasteiger partial charge in [-0.15, -0.1) is 0 Å². The van der Waals surface area contributed by atoms with Crippen molar-refractivity contribution in [2.45, 2.75) is 70.8 Å². The summed E-state index contributed by atoms with van der Waals surface area (Å²) in [6.45, 7) is 6.23. The molecule has 1 aromatic heterocycles. The van der Waals surface area contributed by atoms with E-state index in [0.717, 1.165) is 18.7 Å². The number of aromatic nitrogens is 2. The highest BCUT2D eigenvalue weighted by Crippen LogP contribution is 2.32. The third kappa shape index (κ3) is 4.80. The Hall–Kier alpha value is -1.43. The Morgan fingerprint density at radius 2 is 2.09 bits per heavy atom. The van der Waals surface area contributed by atoms with E-state index in [-0.39, 0.29) is 5.91 Å². The summed E-state index contributed by atoms with van der Waals surface area (Å²) in [6, 6.07) is 0. The van der Waals surface area contributed by atoms with E-state index in [0.29, 0.717) is 37.7 Å². The Balaban J connectivity index is 1.85. The van der Waals surface area contributed by atoms with Gasteiger partial charge in [-0.2, -0.15) is 4.98 Å². The lowest BCUT2D eigenvalue weighted by atomic mass is 10.1. The molecule has 0 radical (unpaired) electrons. The zero-order valence-electron chi connectivity index (χ0n) is 13.8. The molecule has 124 valence electrons. The normalized spacial score (nSPS) is 16.2. The van der Waals surface area contributed by atoms with Gasteiger partial charge in [-0.05, 0) is 33.6 Å². The Bertz CT molecular complexity index is 487. The minimum absolute atomic E-state index is 0.00485. The van der Waals surface area contributed by atoms with Gasteiger partial charge >= 0.3 is 0 Å². The Kier molecular flexibility index (Phi) is 5.56. The van der Waals surface area contributed by atoms with Gasteiger partial charge in [0.15, 0.2) is 5.82 Å². The molecule has 1 amide bonds. The number of carbonyl (C=O) groups is 1. The first kappa shape index (κ1) is 16.9. The van der Waals surface area contributed by atoms with Gasteiger partial charge in [-0.3, -0.25) is 4.79 Å². The SMILES string of the molecule is CCN(CC(C)(C)O)C(=O)CCc1nc(C2CCCC2)no1. The molecule has 0 aromatic carbocycles. The molecule has 0 bridgehead atoms. The van der Waals surface area contributed by atoms with Crippen LogP contribution < -0.4 is 0 Å². The molecular weight excluding hydrogens is 282 g/mol. The van der Waals surface area contributed by atoms with Crippen LogP contribution >= 0.6 is 0 Å². The Labute approximate surface area is 131 Å². The summed E-state index contributed by atoms with van der Waals surface area (Å²) in [6.07, 6.45) is 5.52. The van der Waals surface area contributed by atoms with Gasteiger partial charge in [0.05, 0.1) is 5.60 Å². The highest BCUT2D eigenvalue weighted by Gasteiger charge is 2.24. The second-order valence-electron chi connectivity index (χ2n) is 6.75. The first-order valence-corrected chi connectivity index (χ1v) is 8.21. The number of amides is 1. The van der Waals surface area contributed by atoms with Crippen LogP contribution in [-0.2, 0) is 11.2 Å². The van der Waals surface area contributed by atoms with Gasteiger partial charge in [-0.1, -0.05) is 18.0 Å². The second kappa shape index (κ2) is 7.22. The lowest BCUT2D eigenvalue weighted by Gasteiger charge is -2.28. The molecule has 2 rings (SSSR count). The Morgan fingerprint density at radius 3 is 2.68 bits per heavy atom. The molecule has 22 heavy (non-hydrogen) atoms. The van der Waals surface area contributed by atoms with Crippen molar-refractivity contribution in [3.05, 3.63) is 11.7 Å². The molecule has 1 N–H and O–H groups in total. The molecule has 6 heteroatoms. The quantitative estimate of drug-likeness (QED) is 0.836. The first-order valence-electron chi connectivity index (χ1n) is 8.21. The van der Waals surface area contributed by atoms with Crippen molar-refractivity contribution in [1.82, 2.24) is 15.0 Å². The number of aliphatic hydroxyl groups is 1. The maximum atomic E-state index is 12.2. The van der Waals surface area contributed by atoms with E-state index in [1.807, 2.05) is 6.92 Å². The highest BCUT2D eigenvalue weighted by molar-refractivity contribution is 5.76. The molecule has 1 aromatic rings. The summed E-state index contributed by atoms with van der Waals surface area (Å²) in [4.78, 5) is 18.3. The van der Waals surface area contributed by atoms with Crippen molar-refractivity contribution in [2.75, 3.05) is 13.1 Å². The van der Waals surface area contributed by atoms with Crippen LogP contribution in [0.25, 0.3) is 0 Å². The number of rotatable bonds is 7. The summed E-state index contributed by atoms with van der Waals surface area (Å²) in [5, 5.41) is 13.9. The van der Waals surface area contributed by atoms with Crippen molar-refractivity contribution in [2.24, 2.45) is 0 Å².